The van der Waals surface area contributed by atoms with Crippen molar-refractivity contribution in [2.75, 3.05) is 13.2 Å². The Morgan fingerprint density at radius 1 is 1.00 bits per heavy atom. The lowest BCUT2D eigenvalue weighted by Crippen LogP contribution is -2.68. The van der Waals surface area contributed by atoms with Crippen LogP contribution < -0.4 is 10.4 Å². The normalized spacial score (nSPS) is 26.9. The summed E-state index contributed by atoms with van der Waals surface area (Å²) in [6, 6.07) is 23.7. The molecule has 2 saturated heterocycles. The van der Waals surface area contributed by atoms with Crippen molar-refractivity contribution in [1.82, 2.24) is 0 Å². The molecule has 0 aromatic heterocycles. The molecule has 2 heterocycles. The van der Waals surface area contributed by atoms with E-state index >= 15 is 0 Å². The molecule has 0 radical (unpaired) electrons. The molecule has 34 heavy (non-hydrogen) atoms. The van der Waals surface area contributed by atoms with Gasteiger partial charge in [0.2, 0.25) is 0 Å². The highest BCUT2D eigenvalue weighted by Gasteiger charge is 2.55. The quantitative estimate of drug-likeness (QED) is 0.551. The van der Waals surface area contributed by atoms with E-state index in [9.17, 15) is 5.26 Å². The molecule has 2 fully saturated rings. The molecule has 0 aliphatic carbocycles. The average molecular weight is 480 g/mol. The molecule has 0 bridgehead atoms. The lowest BCUT2D eigenvalue weighted by Gasteiger charge is -2.45. The molecular weight excluding hydrogens is 442 g/mol. The zero-order valence-corrected chi connectivity index (χ0v) is 22.0. The third-order valence-electron chi connectivity index (χ3n) is 7.08. The van der Waals surface area contributed by atoms with Crippen molar-refractivity contribution in [3.63, 3.8) is 0 Å². The van der Waals surface area contributed by atoms with E-state index in [-0.39, 0.29) is 29.3 Å². The van der Waals surface area contributed by atoms with Crippen molar-refractivity contribution in [3.05, 3.63) is 60.7 Å². The topological polar surface area (TPSA) is 60.7 Å². The molecular formula is C28H37NO4Si. The summed E-state index contributed by atoms with van der Waals surface area (Å²) < 4.78 is 25.8. The first kappa shape index (κ1) is 25.1. The molecule has 6 heteroatoms. The summed E-state index contributed by atoms with van der Waals surface area (Å²) in [5.74, 6) is -0.561. The fourth-order valence-electron chi connectivity index (χ4n) is 5.55. The van der Waals surface area contributed by atoms with Gasteiger partial charge < -0.3 is 18.6 Å². The van der Waals surface area contributed by atoms with Gasteiger partial charge in [-0.3, -0.25) is 0 Å². The monoisotopic (exact) mass is 479 g/mol. The molecule has 0 unspecified atom stereocenters. The minimum absolute atomic E-state index is 0.0591. The Labute approximate surface area is 205 Å². The van der Waals surface area contributed by atoms with E-state index in [2.05, 4.69) is 87.5 Å². The van der Waals surface area contributed by atoms with Gasteiger partial charge in [-0.1, -0.05) is 81.4 Å². The summed E-state index contributed by atoms with van der Waals surface area (Å²) >= 11 is 0. The lowest BCUT2D eigenvalue weighted by molar-refractivity contribution is -0.155. The van der Waals surface area contributed by atoms with Gasteiger partial charge in [0.05, 0.1) is 31.5 Å². The van der Waals surface area contributed by atoms with Crippen molar-refractivity contribution in [3.8, 4) is 6.07 Å². The third-order valence-corrected chi connectivity index (χ3v) is 12.1. The molecule has 0 amide bonds. The Hall–Kier alpha value is -2.01. The second-order valence-electron chi connectivity index (χ2n) is 10.8. The first-order valence-electron chi connectivity index (χ1n) is 12.3. The molecule has 182 valence electrons. The Morgan fingerprint density at radius 2 is 1.59 bits per heavy atom. The van der Waals surface area contributed by atoms with Gasteiger partial charge in [0.15, 0.2) is 5.79 Å². The lowest BCUT2D eigenvalue weighted by atomic mass is 9.91. The first-order chi connectivity index (χ1) is 16.2. The SMILES string of the molecule is CC1(C)OC[C@H]([C@H]2OC[C@H](O[Si](c3ccccc3)(c3ccccc3)C(C)(C)C)[C@@H]2CCC#N)O1. The minimum atomic E-state index is -2.73. The van der Waals surface area contributed by atoms with E-state index in [0.29, 0.717) is 26.1 Å². The smallest absolute Gasteiger partial charge is 0.261 e. The zero-order chi connectivity index (χ0) is 24.4. The fourth-order valence-corrected chi connectivity index (χ4v) is 10.3. The molecule has 0 saturated carbocycles. The Kier molecular flexibility index (Phi) is 7.32. The maximum absolute atomic E-state index is 9.39. The maximum atomic E-state index is 9.39. The van der Waals surface area contributed by atoms with Crippen LogP contribution in [0.25, 0.3) is 0 Å². The molecule has 2 aromatic carbocycles. The summed E-state index contributed by atoms with van der Waals surface area (Å²) in [5, 5.41) is 11.8. The van der Waals surface area contributed by atoms with Crippen LogP contribution in [0.4, 0.5) is 0 Å². The van der Waals surface area contributed by atoms with Gasteiger partial charge in [0.1, 0.15) is 6.10 Å². The average Bonchev–Trinajstić information content (AvgIpc) is 3.38. The van der Waals surface area contributed by atoms with Gasteiger partial charge in [-0.05, 0) is 35.7 Å². The maximum Gasteiger partial charge on any atom is 0.261 e. The number of benzene rings is 2. The third kappa shape index (κ3) is 4.86. The molecule has 2 aliphatic heterocycles. The summed E-state index contributed by atoms with van der Waals surface area (Å²) in [5.41, 5.74) is 0. The van der Waals surface area contributed by atoms with Crippen LogP contribution >= 0.6 is 0 Å². The molecule has 2 aliphatic rings. The van der Waals surface area contributed by atoms with Crippen LogP contribution in [0.3, 0.4) is 0 Å². The second-order valence-corrected chi connectivity index (χ2v) is 15.1. The van der Waals surface area contributed by atoms with Crippen LogP contribution in [0.15, 0.2) is 60.7 Å². The summed E-state index contributed by atoms with van der Waals surface area (Å²) in [4.78, 5) is 0. The zero-order valence-electron chi connectivity index (χ0n) is 21.0. The molecule has 5 nitrogen and oxygen atoms in total. The van der Waals surface area contributed by atoms with E-state index in [1.54, 1.807) is 0 Å². The van der Waals surface area contributed by atoms with Gasteiger partial charge in [-0.2, -0.15) is 5.26 Å². The summed E-state index contributed by atoms with van der Waals surface area (Å²) in [6.45, 7) is 11.7. The predicted molar refractivity (Wildman–Crippen MR) is 135 cm³/mol. The fraction of sp³-hybridized carbons (Fsp3) is 0.536. The molecule has 2 aromatic rings. The Balaban J connectivity index is 1.74. The highest BCUT2D eigenvalue weighted by molar-refractivity contribution is 6.99. The van der Waals surface area contributed by atoms with E-state index in [4.69, 9.17) is 18.6 Å². The van der Waals surface area contributed by atoms with E-state index in [1.165, 1.54) is 10.4 Å². The van der Waals surface area contributed by atoms with Crippen molar-refractivity contribution in [2.45, 2.75) is 76.6 Å². The number of hydrogen-bond donors (Lipinski definition) is 0. The number of nitriles is 1. The van der Waals surface area contributed by atoms with Crippen molar-refractivity contribution < 1.29 is 18.6 Å². The number of ether oxygens (including phenoxy) is 3. The van der Waals surface area contributed by atoms with Gasteiger partial charge in [0.25, 0.3) is 8.32 Å². The highest BCUT2D eigenvalue weighted by atomic mass is 28.4. The van der Waals surface area contributed by atoms with E-state index in [1.807, 2.05) is 13.8 Å². The van der Waals surface area contributed by atoms with Crippen LogP contribution in [-0.2, 0) is 18.6 Å². The van der Waals surface area contributed by atoms with Crippen molar-refractivity contribution in [2.24, 2.45) is 5.92 Å². The van der Waals surface area contributed by atoms with Gasteiger partial charge in [0, 0.05) is 12.3 Å². The second kappa shape index (κ2) is 9.92. The molecule has 4 atom stereocenters. The standard InChI is InChI=1S/C28H37NO4Si/c1-27(2,3)34(21-13-8-6-9-14-21,22-15-10-7-11-16-22)33-24-19-30-26(23(24)17-12-18-29)25-20-31-28(4,5)32-25/h6-11,13-16,23-26H,12,17,19-20H2,1-5H3/t23-,24-,25+,26-/m0/s1. The van der Waals surface area contributed by atoms with Crippen molar-refractivity contribution >= 4 is 18.7 Å². The minimum Gasteiger partial charge on any atom is -0.402 e. The van der Waals surface area contributed by atoms with Gasteiger partial charge in [-0.15, -0.1) is 0 Å². The summed E-state index contributed by atoms with van der Waals surface area (Å²) in [7, 11) is -2.73. The highest BCUT2D eigenvalue weighted by Crippen LogP contribution is 2.42. The van der Waals surface area contributed by atoms with Crippen LogP contribution in [0.1, 0.15) is 47.5 Å². The molecule has 0 N–H and O–H groups in total. The van der Waals surface area contributed by atoms with Gasteiger partial charge >= 0.3 is 0 Å². The molecule has 0 spiro atoms. The van der Waals surface area contributed by atoms with Crippen molar-refractivity contribution in [1.29, 1.82) is 5.26 Å². The van der Waals surface area contributed by atoms with E-state index < -0.39 is 14.1 Å². The van der Waals surface area contributed by atoms with Crippen LogP contribution in [-0.4, -0.2) is 45.6 Å². The predicted octanol–water partition coefficient (Wildman–Crippen LogP) is 4.40. The van der Waals surface area contributed by atoms with Crippen LogP contribution in [0, 0.1) is 17.2 Å². The number of nitrogens with zero attached hydrogens (tertiary/aromatic N) is 1. The first-order valence-corrected chi connectivity index (χ1v) is 14.2. The number of rotatable bonds is 7. The Morgan fingerprint density at radius 3 is 2.06 bits per heavy atom. The van der Waals surface area contributed by atoms with Gasteiger partial charge in [-0.25, -0.2) is 0 Å². The number of hydrogen-bond acceptors (Lipinski definition) is 5. The molecule has 4 rings (SSSR count). The van der Waals surface area contributed by atoms with E-state index in [0.717, 1.165) is 0 Å². The largest absolute Gasteiger partial charge is 0.402 e. The van der Waals surface area contributed by atoms with Crippen LogP contribution in [0.2, 0.25) is 5.04 Å². The summed E-state index contributed by atoms with van der Waals surface area (Å²) in [6.07, 6.45) is 0.730. The Bertz CT molecular complexity index is 943. The van der Waals surface area contributed by atoms with Crippen LogP contribution in [0.5, 0.6) is 0 Å².